The fourth-order valence-corrected chi connectivity index (χ4v) is 1.94. The number of ketones is 1. The lowest BCUT2D eigenvalue weighted by atomic mass is 9.82. The van der Waals surface area contributed by atoms with Gasteiger partial charge in [-0.25, -0.2) is 0 Å². The number of aliphatic hydroxyl groups is 1. The number of carbonyl (C=O) groups is 1. The maximum absolute atomic E-state index is 12.4. The van der Waals surface area contributed by atoms with Crippen LogP contribution in [0.4, 0.5) is 0 Å². The quantitative estimate of drug-likeness (QED) is 0.890. The van der Waals surface area contributed by atoms with Crippen LogP contribution in [0.25, 0.3) is 0 Å². The van der Waals surface area contributed by atoms with Crippen molar-refractivity contribution < 1.29 is 9.90 Å². The first-order valence-corrected chi connectivity index (χ1v) is 6.19. The number of benzene rings is 1. The first-order valence-electron chi connectivity index (χ1n) is 6.19. The number of likely N-dealkylation sites (N-methyl/N-ethyl adjacent to an activating group) is 1. The predicted molar refractivity (Wildman–Crippen MR) is 73.3 cm³/mol. The van der Waals surface area contributed by atoms with Gasteiger partial charge in [-0.15, -0.1) is 0 Å². The molecule has 0 aliphatic rings. The minimum absolute atomic E-state index is 0.0452. The van der Waals surface area contributed by atoms with E-state index >= 15 is 0 Å². The molecule has 0 spiro atoms. The van der Waals surface area contributed by atoms with Crippen molar-refractivity contribution in [3.63, 3.8) is 0 Å². The van der Waals surface area contributed by atoms with E-state index in [1.54, 1.807) is 4.90 Å². The zero-order chi connectivity index (χ0) is 13.9. The second-order valence-corrected chi connectivity index (χ2v) is 5.88. The highest BCUT2D eigenvalue weighted by Crippen LogP contribution is 2.27. The van der Waals surface area contributed by atoms with Crippen LogP contribution in [0, 0.1) is 5.41 Å². The van der Waals surface area contributed by atoms with Gasteiger partial charge in [-0.1, -0.05) is 51.1 Å². The van der Waals surface area contributed by atoms with E-state index in [9.17, 15) is 9.90 Å². The summed E-state index contributed by atoms with van der Waals surface area (Å²) in [5, 5.41) is 10.4. The Hall–Kier alpha value is -1.19. The number of hydrogen-bond donors (Lipinski definition) is 1. The molecule has 0 bridgehead atoms. The summed E-state index contributed by atoms with van der Waals surface area (Å²) >= 11 is 0. The van der Waals surface area contributed by atoms with Gasteiger partial charge < -0.3 is 5.11 Å². The van der Waals surface area contributed by atoms with E-state index in [0.29, 0.717) is 0 Å². The molecule has 1 rings (SSSR count). The SMILES string of the molecule is CN(C)[C@H](C(=O)C(C)(C)C)[C@H](O)c1ccccc1. The molecule has 0 radical (unpaired) electrons. The molecular weight excluding hydrogens is 226 g/mol. The molecule has 3 nitrogen and oxygen atoms in total. The molecule has 0 unspecified atom stereocenters. The summed E-state index contributed by atoms with van der Waals surface area (Å²) in [7, 11) is 3.64. The number of aliphatic hydroxyl groups excluding tert-OH is 1. The van der Waals surface area contributed by atoms with Gasteiger partial charge in [-0.3, -0.25) is 9.69 Å². The van der Waals surface area contributed by atoms with E-state index in [1.165, 1.54) is 0 Å². The standard InChI is InChI=1S/C15H23NO2/c1-15(2,3)14(18)12(16(4)5)13(17)11-9-7-6-8-10-11/h6-10,12-13,17H,1-5H3/t12-,13+/m0/s1. The second-order valence-electron chi connectivity index (χ2n) is 5.88. The highest BCUT2D eigenvalue weighted by molar-refractivity contribution is 5.89. The van der Waals surface area contributed by atoms with Gasteiger partial charge in [0.25, 0.3) is 0 Å². The van der Waals surface area contributed by atoms with Crippen LogP contribution >= 0.6 is 0 Å². The number of Topliss-reactive ketones (excluding diaryl/α,β-unsaturated/α-hetero) is 1. The van der Waals surface area contributed by atoms with Crippen molar-refractivity contribution >= 4 is 5.78 Å². The minimum Gasteiger partial charge on any atom is -0.386 e. The highest BCUT2D eigenvalue weighted by Gasteiger charge is 2.36. The van der Waals surface area contributed by atoms with Crippen molar-refractivity contribution in [2.24, 2.45) is 5.41 Å². The first kappa shape index (κ1) is 14.9. The third-order valence-corrected chi connectivity index (χ3v) is 3.00. The summed E-state index contributed by atoms with van der Waals surface area (Å²) in [6.45, 7) is 5.64. The molecule has 0 aliphatic carbocycles. The molecule has 2 atom stereocenters. The van der Waals surface area contributed by atoms with Crippen LogP contribution in [-0.2, 0) is 4.79 Å². The molecule has 1 N–H and O–H groups in total. The van der Waals surface area contributed by atoms with E-state index in [0.717, 1.165) is 5.56 Å². The third kappa shape index (κ3) is 3.40. The van der Waals surface area contributed by atoms with Crippen molar-refractivity contribution in [3.05, 3.63) is 35.9 Å². The van der Waals surface area contributed by atoms with Gasteiger partial charge in [0.1, 0.15) is 6.10 Å². The number of hydrogen-bond acceptors (Lipinski definition) is 3. The van der Waals surface area contributed by atoms with Gasteiger partial charge >= 0.3 is 0 Å². The normalized spacial score (nSPS) is 15.5. The minimum atomic E-state index is -0.798. The molecule has 0 aromatic heterocycles. The number of rotatable bonds is 4. The van der Waals surface area contributed by atoms with E-state index in [4.69, 9.17) is 0 Å². The molecule has 100 valence electrons. The summed E-state index contributed by atoms with van der Waals surface area (Å²) in [5.41, 5.74) is 0.304. The van der Waals surface area contributed by atoms with E-state index in [-0.39, 0.29) is 5.78 Å². The summed E-state index contributed by atoms with van der Waals surface area (Å²) in [6.07, 6.45) is -0.798. The van der Waals surface area contributed by atoms with Crippen molar-refractivity contribution in [2.45, 2.75) is 32.9 Å². The molecule has 0 aliphatic heterocycles. The van der Waals surface area contributed by atoms with Crippen LogP contribution in [0.15, 0.2) is 30.3 Å². The van der Waals surface area contributed by atoms with Crippen LogP contribution in [0.5, 0.6) is 0 Å². The first-order chi connectivity index (χ1) is 8.25. The Labute approximate surface area is 109 Å². The number of nitrogens with zero attached hydrogens (tertiary/aromatic N) is 1. The molecule has 0 saturated heterocycles. The topological polar surface area (TPSA) is 40.5 Å². The van der Waals surface area contributed by atoms with Crippen LogP contribution in [-0.4, -0.2) is 35.9 Å². The van der Waals surface area contributed by atoms with Crippen LogP contribution in [0.1, 0.15) is 32.4 Å². The Morgan fingerprint density at radius 3 is 2.06 bits per heavy atom. The van der Waals surface area contributed by atoms with Crippen molar-refractivity contribution in [3.8, 4) is 0 Å². The van der Waals surface area contributed by atoms with Crippen LogP contribution < -0.4 is 0 Å². The summed E-state index contributed by atoms with van der Waals surface area (Å²) < 4.78 is 0. The Morgan fingerprint density at radius 1 is 1.17 bits per heavy atom. The van der Waals surface area contributed by atoms with E-state index in [2.05, 4.69) is 0 Å². The zero-order valence-electron chi connectivity index (χ0n) is 11.8. The lowest BCUT2D eigenvalue weighted by Crippen LogP contribution is -2.46. The molecule has 0 fully saturated rings. The van der Waals surface area contributed by atoms with E-state index in [1.807, 2.05) is 65.2 Å². The van der Waals surface area contributed by atoms with Crippen LogP contribution in [0.2, 0.25) is 0 Å². The van der Waals surface area contributed by atoms with Crippen LogP contribution in [0.3, 0.4) is 0 Å². The Balaban J connectivity index is 3.04. The van der Waals surface area contributed by atoms with Crippen molar-refractivity contribution in [2.75, 3.05) is 14.1 Å². The molecule has 3 heteroatoms. The Kier molecular flexibility index (Phi) is 4.65. The molecular formula is C15H23NO2. The molecule has 0 saturated carbocycles. The number of carbonyl (C=O) groups excluding carboxylic acids is 1. The second kappa shape index (κ2) is 5.63. The summed E-state index contributed by atoms with van der Waals surface area (Å²) in [6, 6.07) is 8.80. The van der Waals surface area contributed by atoms with Gasteiger partial charge in [-0.2, -0.15) is 0 Å². The molecule has 0 amide bonds. The van der Waals surface area contributed by atoms with Gasteiger partial charge in [-0.05, 0) is 19.7 Å². The van der Waals surface area contributed by atoms with Gasteiger partial charge in [0.2, 0.25) is 0 Å². The maximum Gasteiger partial charge on any atom is 0.158 e. The molecule has 1 aromatic carbocycles. The molecule has 0 heterocycles. The predicted octanol–water partition coefficient (Wildman–Crippen LogP) is 2.27. The average Bonchev–Trinajstić information content (AvgIpc) is 2.28. The molecule has 18 heavy (non-hydrogen) atoms. The fraction of sp³-hybridized carbons (Fsp3) is 0.533. The summed E-state index contributed by atoms with van der Waals surface area (Å²) in [5.74, 6) is 0.0452. The average molecular weight is 249 g/mol. The molecule has 1 aromatic rings. The zero-order valence-corrected chi connectivity index (χ0v) is 11.8. The van der Waals surface area contributed by atoms with E-state index < -0.39 is 17.6 Å². The Bertz CT molecular complexity index is 393. The third-order valence-electron chi connectivity index (χ3n) is 3.00. The monoisotopic (exact) mass is 249 g/mol. The highest BCUT2D eigenvalue weighted by atomic mass is 16.3. The van der Waals surface area contributed by atoms with Gasteiger partial charge in [0, 0.05) is 5.41 Å². The Morgan fingerprint density at radius 2 is 1.67 bits per heavy atom. The van der Waals surface area contributed by atoms with Gasteiger partial charge in [0.15, 0.2) is 5.78 Å². The smallest absolute Gasteiger partial charge is 0.158 e. The lowest BCUT2D eigenvalue weighted by molar-refractivity contribution is -0.135. The fourth-order valence-electron chi connectivity index (χ4n) is 1.94. The van der Waals surface area contributed by atoms with Crippen molar-refractivity contribution in [1.82, 2.24) is 4.90 Å². The van der Waals surface area contributed by atoms with Crippen molar-refractivity contribution in [1.29, 1.82) is 0 Å². The summed E-state index contributed by atoms with van der Waals surface area (Å²) in [4.78, 5) is 14.2. The lowest BCUT2D eigenvalue weighted by Gasteiger charge is -2.33. The van der Waals surface area contributed by atoms with Gasteiger partial charge in [0.05, 0.1) is 6.04 Å². The largest absolute Gasteiger partial charge is 0.386 e. The maximum atomic E-state index is 12.4.